The summed E-state index contributed by atoms with van der Waals surface area (Å²) in [7, 11) is 0. The van der Waals surface area contributed by atoms with E-state index < -0.39 is 40.2 Å². The summed E-state index contributed by atoms with van der Waals surface area (Å²) >= 11 is 0. The Balaban J connectivity index is 2.53. The Kier molecular flexibility index (Phi) is 3.90. The van der Waals surface area contributed by atoms with Crippen LogP contribution in [-0.4, -0.2) is 21.6 Å². The summed E-state index contributed by atoms with van der Waals surface area (Å²) in [6.45, 7) is 4.53. The molecule has 0 bridgehead atoms. The number of rotatable bonds is 4. The molecule has 1 aliphatic rings. The maximum atomic E-state index is 14.4. The number of carboxylic acid groups (broad SMARTS) is 1. The summed E-state index contributed by atoms with van der Waals surface area (Å²) in [5.74, 6) is -4.95. The number of pyridine rings is 1. The van der Waals surface area contributed by atoms with Crippen molar-refractivity contribution in [1.29, 1.82) is 0 Å². The van der Waals surface area contributed by atoms with Crippen LogP contribution in [-0.2, 0) is 4.79 Å². The van der Waals surface area contributed by atoms with Gasteiger partial charge in [0, 0.05) is 17.8 Å². The van der Waals surface area contributed by atoms with Crippen LogP contribution in [0, 0.1) is 18.6 Å². The average molecular weight is 348 g/mol. The van der Waals surface area contributed by atoms with Gasteiger partial charge in [-0.3, -0.25) is 9.59 Å². The minimum absolute atomic E-state index is 0.0794. The third-order valence-electron chi connectivity index (χ3n) is 4.19. The first-order chi connectivity index (χ1) is 11.8. The van der Waals surface area contributed by atoms with E-state index in [9.17, 15) is 28.3 Å². The van der Waals surface area contributed by atoms with E-state index in [2.05, 4.69) is 11.9 Å². The lowest BCUT2D eigenvalue weighted by molar-refractivity contribution is -0.111. The van der Waals surface area contributed by atoms with Gasteiger partial charge in [-0.1, -0.05) is 6.58 Å². The predicted molar refractivity (Wildman–Crippen MR) is 86.9 cm³/mol. The van der Waals surface area contributed by atoms with E-state index >= 15 is 0 Å². The monoisotopic (exact) mass is 348 g/mol. The number of nitrogens with one attached hydrogen (secondary N) is 1. The van der Waals surface area contributed by atoms with Crippen molar-refractivity contribution in [2.75, 3.05) is 5.32 Å². The summed E-state index contributed by atoms with van der Waals surface area (Å²) < 4.78 is 30.3. The minimum Gasteiger partial charge on any atom is -0.477 e. The number of anilines is 1. The molecule has 25 heavy (non-hydrogen) atoms. The van der Waals surface area contributed by atoms with Crippen LogP contribution in [0.5, 0.6) is 0 Å². The molecule has 6 nitrogen and oxygen atoms in total. The molecule has 1 amide bonds. The Bertz CT molecular complexity index is 1010. The zero-order valence-corrected chi connectivity index (χ0v) is 13.2. The van der Waals surface area contributed by atoms with E-state index in [0.29, 0.717) is 0 Å². The molecule has 1 saturated carbocycles. The molecule has 0 atom stereocenters. The van der Waals surface area contributed by atoms with Gasteiger partial charge in [-0.15, -0.1) is 0 Å². The topological polar surface area (TPSA) is 88.4 Å². The molecule has 3 rings (SSSR count). The van der Waals surface area contributed by atoms with Gasteiger partial charge in [-0.05, 0) is 25.8 Å². The number of hydrogen-bond acceptors (Lipinski definition) is 3. The lowest BCUT2D eigenvalue weighted by Gasteiger charge is -2.18. The number of nitrogens with zero attached hydrogens (tertiary/aromatic N) is 1. The summed E-state index contributed by atoms with van der Waals surface area (Å²) in [6, 6.07) is -0.104. The lowest BCUT2D eigenvalue weighted by atomic mass is 10.0. The summed E-state index contributed by atoms with van der Waals surface area (Å²) in [5.41, 5.74) is -2.27. The van der Waals surface area contributed by atoms with Crippen molar-refractivity contribution < 1.29 is 23.5 Å². The molecular weight excluding hydrogens is 334 g/mol. The van der Waals surface area contributed by atoms with Gasteiger partial charge in [-0.2, -0.15) is 0 Å². The van der Waals surface area contributed by atoms with Crippen LogP contribution in [0.2, 0.25) is 0 Å². The number of carbonyl (C=O) groups excluding carboxylic acids is 1. The second kappa shape index (κ2) is 5.80. The lowest BCUT2D eigenvalue weighted by Crippen LogP contribution is -2.22. The molecule has 130 valence electrons. The number of carbonyl (C=O) groups is 2. The molecule has 0 saturated heterocycles. The first kappa shape index (κ1) is 16.8. The molecule has 0 radical (unpaired) electrons. The second-order valence-electron chi connectivity index (χ2n) is 5.86. The summed E-state index contributed by atoms with van der Waals surface area (Å²) in [4.78, 5) is 35.6. The van der Waals surface area contributed by atoms with Crippen LogP contribution in [0.4, 0.5) is 14.5 Å². The number of fused-ring (bicyclic) bond motifs is 1. The molecule has 1 aromatic heterocycles. The molecule has 2 N–H and O–H groups in total. The van der Waals surface area contributed by atoms with E-state index in [4.69, 9.17) is 0 Å². The normalized spacial score (nSPS) is 13.7. The summed E-state index contributed by atoms with van der Waals surface area (Å²) in [5, 5.41) is 11.0. The minimum atomic E-state index is -1.48. The Morgan fingerprint density at radius 1 is 1.36 bits per heavy atom. The standard InChI is InChI=1S/C17H14F2N2O4/c1-3-10(22)20-14-11-15(7(2)12(18)13(14)19)21(8-4-5-8)6-9(16(11)23)17(24)25/h3,6,8H,1,4-5H2,2H3,(H,20,22)(H,24,25). The number of aromatic carboxylic acids is 1. The van der Waals surface area contributed by atoms with Gasteiger partial charge in [0.15, 0.2) is 11.6 Å². The quantitative estimate of drug-likeness (QED) is 0.832. The Hall–Kier alpha value is -3.03. The molecule has 8 heteroatoms. The van der Waals surface area contributed by atoms with Gasteiger partial charge in [0.25, 0.3) is 0 Å². The summed E-state index contributed by atoms with van der Waals surface area (Å²) in [6.07, 6.45) is 3.44. The fourth-order valence-corrected chi connectivity index (χ4v) is 2.82. The number of aromatic nitrogens is 1. The van der Waals surface area contributed by atoms with Gasteiger partial charge in [0.05, 0.1) is 16.6 Å². The van der Waals surface area contributed by atoms with Crippen molar-refractivity contribution in [3.63, 3.8) is 0 Å². The number of carboxylic acids is 1. The Labute approximate surface area is 140 Å². The van der Waals surface area contributed by atoms with Crippen molar-refractivity contribution in [2.45, 2.75) is 25.8 Å². The van der Waals surface area contributed by atoms with Crippen molar-refractivity contribution in [3.8, 4) is 0 Å². The van der Waals surface area contributed by atoms with E-state index in [-0.39, 0.29) is 22.5 Å². The molecule has 1 fully saturated rings. The van der Waals surface area contributed by atoms with Crippen LogP contribution >= 0.6 is 0 Å². The highest BCUT2D eigenvalue weighted by Gasteiger charge is 2.31. The third kappa shape index (κ3) is 2.59. The van der Waals surface area contributed by atoms with Gasteiger partial charge >= 0.3 is 5.97 Å². The van der Waals surface area contributed by atoms with Gasteiger partial charge in [-0.25, -0.2) is 13.6 Å². The third-order valence-corrected chi connectivity index (χ3v) is 4.19. The SMILES string of the molecule is C=CC(=O)Nc1c(F)c(F)c(C)c2c1c(=O)c(C(=O)O)cn2C1CC1. The van der Waals surface area contributed by atoms with Crippen LogP contribution in [0.15, 0.2) is 23.6 Å². The molecule has 0 aliphatic heterocycles. The molecule has 1 heterocycles. The largest absolute Gasteiger partial charge is 0.477 e. The number of benzene rings is 1. The predicted octanol–water partition coefficient (Wildman–Crippen LogP) is 2.75. The second-order valence-corrected chi connectivity index (χ2v) is 5.86. The number of hydrogen-bond donors (Lipinski definition) is 2. The molecule has 2 aromatic rings. The maximum Gasteiger partial charge on any atom is 0.341 e. The fraction of sp³-hybridized carbons (Fsp3) is 0.235. The Morgan fingerprint density at radius 2 is 2.00 bits per heavy atom. The first-order valence-corrected chi connectivity index (χ1v) is 7.51. The van der Waals surface area contributed by atoms with Gasteiger partial charge in [0.1, 0.15) is 5.56 Å². The average Bonchev–Trinajstić information content (AvgIpc) is 3.40. The maximum absolute atomic E-state index is 14.4. The van der Waals surface area contributed by atoms with E-state index in [0.717, 1.165) is 25.1 Å². The zero-order chi connectivity index (χ0) is 18.5. The molecule has 1 aliphatic carbocycles. The fourth-order valence-electron chi connectivity index (χ4n) is 2.82. The van der Waals surface area contributed by atoms with Crippen LogP contribution in [0.1, 0.15) is 34.8 Å². The van der Waals surface area contributed by atoms with Gasteiger partial charge < -0.3 is 15.0 Å². The highest BCUT2D eigenvalue weighted by atomic mass is 19.2. The highest BCUT2D eigenvalue weighted by molar-refractivity contribution is 6.07. The van der Waals surface area contributed by atoms with Gasteiger partial charge in [0.2, 0.25) is 11.3 Å². The molecule has 0 unspecified atom stereocenters. The zero-order valence-electron chi connectivity index (χ0n) is 13.2. The first-order valence-electron chi connectivity index (χ1n) is 7.51. The molecule has 1 aromatic carbocycles. The van der Waals surface area contributed by atoms with Crippen LogP contribution < -0.4 is 10.7 Å². The van der Waals surface area contributed by atoms with Crippen LogP contribution in [0.3, 0.4) is 0 Å². The van der Waals surface area contributed by atoms with Crippen molar-refractivity contribution >= 4 is 28.5 Å². The molecular formula is C17H14F2N2O4. The van der Waals surface area contributed by atoms with E-state index in [1.807, 2.05) is 0 Å². The molecule has 0 spiro atoms. The smallest absolute Gasteiger partial charge is 0.341 e. The highest BCUT2D eigenvalue weighted by Crippen LogP contribution is 2.40. The van der Waals surface area contributed by atoms with Crippen molar-refractivity contribution in [3.05, 3.63) is 51.8 Å². The number of amides is 1. The van der Waals surface area contributed by atoms with Crippen molar-refractivity contribution in [2.24, 2.45) is 0 Å². The Morgan fingerprint density at radius 3 is 2.52 bits per heavy atom. The van der Waals surface area contributed by atoms with E-state index in [1.54, 1.807) is 0 Å². The van der Waals surface area contributed by atoms with Crippen LogP contribution in [0.25, 0.3) is 10.9 Å². The number of aryl methyl sites for hydroxylation is 1. The van der Waals surface area contributed by atoms with Crippen molar-refractivity contribution in [1.82, 2.24) is 4.57 Å². The van der Waals surface area contributed by atoms with E-state index in [1.165, 1.54) is 11.5 Å². The number of halogens is 2.